The zero-order valence-electron chi connectivity index (χ0n) is 10.4. The Morgan fingerprint density at radius 2 is 1.90 bits per heavy atom. The van der Waals surface area contributed by atoms with Crippen LogP contribution in [0, 0.1) is 10.1 Å². The minimum absolute atomic E-state index is 0.204. The molecular formula is C13H8F2N2O4. The molecule has 2 aromatic rings. The van der Waals surface area contributed by atoms with Crippen molar-refractivity contribution < 1.29 is 23.2 Å². The van der Waals surface area contributed by atoms with E-state index in [0.29, 0.717) is 0 Å². The van der Waals surface area contributed by atoms with E-state index in [9.17, 15) is 23.7 Å². The van der Waals surface area contributed by atoms with Crippen LogP contribution in [0.5, 0.6) is 5.75 Å². The molecule has 0 N–H and O–H groups in total. The highest BCUT2D eigenvalue weighted by Crippen LogP contribution is 2.27. The number of nitro benzene ring substituents is 1. The molecule has 0 spiro atoms. The Morgan fingerprint density at radius 1 is 1.24 bits per heavy atom. The van der Waals surface area contributed by atoms with Crippen molar-refractivity contribution in [2.45, 2.75) is 6.61 Å². The Hall–Kier alpha value is -2.90. The van der Waals surface area contributed by atoms with Crippen LogP contribution in [0.3, 0.4) is 0 Å². The minimum atomic E-state index is -3.11. The fourth-order valence-electron chi connectivity index (χ4n) is 1.69. The van der Waals surface area contributed by atoms with Gasteiger partial charge in [-0.2, -0.15) is 8.78 Å². The van der Waals surface area contributed by atoms with Gasteiger partial charge in [0.25, 0.3) is 5.69 Å². The maximum absolute atomic E-state index is 12.2. The average Bonchev–Trinajstić information content (AvgIpc) is 2.46. The second-order valence-corrected chi connectivity index (χ2v) is 3.88. The van der Waals surface area contributed by atoms with Crippen LogP contribution in [-0.4, -0.2) is 22.3 Å². The number of aromatic nitrogens is 1. The van der Waals surface area contributed by atoms with Gasteiger partial charge < -0.3 is 4.74 Å². The van der Waals surface area contributed by atoms with E-state index in [1.807, 2.05) is 0 Å². The van der Waals surface area contributed by atoms with Gasteiger partial charge in [0.1, 0.15) is 11.3 Å². The Kier molecular flexibility index (Phi) is 4.17. The third-order valence-electron chi connectivity index (χ3n) is 2.58. The summed E-state index contributed by atoms with van der Waals surface area (Å²) >= 11 is 0. The van der Waals surface area contributed by atoms with Gasteiger partial charge in [-0.3, -0.25) is 19.9 Å². The zero-order chi connectivity index (χ0) is 15.4. The summed E-state index contributed by atoms with van der Waals surface area (Å²) in [5, 5.41) is 11.0. The van der Waals surface area contributed by atoms with Crippen LogP contribution in [0.1, 0.15) is 15.9 Å². The maximum Gasteiger partial charge on any atom is 0.387 e. The van der Waals surface area contributed by atoms with Crippen LogP contribution in [0.15, 0.2) is 42.7 Å². The topological polar surface area (TPSA) is 82.3 Å². The molecular weight excluding hydrogens is 286 g/mol. The van der Waals surface area contributed by atoms with Crippen molar-refractivity contribution in [3.63, 3.8) is 0 Å². The number of carbonyl (C=O) groups is 1. The van der Waals surface area contributed by atoms with E-state index in [4.69, 9.17) is 0 Å². The summed E-state index contributed by atoms with van der Waals surface area (Å²) in [6.07, 6.45) is 2.74. The van der Waals surface area contributed by atoms with Crippen molar-refractivity contribution in [2.24, 2.45) is 0 Å². The Balaban J connectivity index is 2.44. The number of ketones is 1. The third kappa shape index (κ3) is 3.35. The van der Waals surface area contributed by atoms with Crippen molar-refractivity contribution in [3.05, 3.63) is 64.0 Å². The number of halogens is 2. The smallest absolute Gasteiger partial charge is 0.387 e. The average molecular weight is 294 g/mol. The fraction of sp³-hybridized carbons (Fsp3) is 0.0769. The van der Waals surface area contributed by atoms with E-state index < -0.39 is 23.0 Å². The van der Waals surface area contributed by atoms with Gasteiger partial charge in [0, 0.05) is 18.0 Å². The first-order valence-corrected chi connectivity index (χ1v) is 5.67. The summed E-state index contributed by atoms with van der Waals surface area (Å²) in [6.45, 7) is -3.11. The Morgan fingerprint density at radius 3 is 2.48 bits per heavy atom. The molecule has 108 valence electrons. The molecule has 0 aliphatic heterocycles. The van der Waals surface area contributed by atoms with Gasteiger partial charge in [0.15, 0.2) is 5.78 Å². The lowest BCUT2D eigenvalue weighted by molar-refractivity contribution is -0.385. The third-order valence-corrected chi connectivity index (χ3v) is 2.58. The lowest BCUT2D eigenvalue weighted by Gasteiger charge is -2.06. The molecule has 1 heterocycles. The molecule has 0 bridgehead atoms. The van der Waals surface area contributed by atoms with Crippen LogP contribution in [0.2, 0.25) is 0 Å². The van der Waals surface area contributed by atoms with Gasteiger partial charge in [-0.25, -0.2) is 0 Å². The van der Waals surface area contributed by atoms with Gasteiger partial charge in [-0.15, -0.1) is 0 Å². The van der Waals surface area contributed by atoms with Crippen molar-refractivity contribution >= 4 is 11.5 Å². The summed E-state index contributed by atoms with van der Waals surface area (Å²) < 4.78 is 28.3. The zero-order valence-corrected chi connectivity index (χ0v) is 10.4. The SMILES string of the molecule is O=C(c1ccncc1)c1ccc(OC(F)F)cc1[N+](=O)[O-]. The molecule has 0 aliphatic carbocycles. The van der Waals surface area contributed by atoms with Crippen molar-refractivity contribution in [3.8, 4) is 5.75 Å². The molecule has 1 aromatic heterocycles. The van der Waals surface area contributed by atoms with Crippen LogP contribution >= 0.6 is 0 Å². The quantitative estimate of drug-likeness (QED) is 0.481. The summed E-state index contributed by atoms with van der Waals surface area (Å²) in [7, 11) is 0. The van der Waals surface area contributed by atoms with E-state index in [2.05, 4.69) is 9.72 Å². The number of pyridine rings is 1. The summed E-state index contributed by atoms with van der Waals surface area (Å²) in [5.41, 5.74) is -0.613. The van der Waals surface area contributed by atoms with Crippen molar-refractivity contribution in [2.75, 3.05) is 0 Å². The molecule has 1 aromatic carbocycles. The normalized spacial score (nSPS) is 10.4. The van der Waals surface area contributed by atoms with E-state index in [-0.39, 0.29) is 16.9 Å². The molecule has 0 fully saturated rings. The number of alkyl halides is 2. The molecule has 2 rings (SSSR count). The van der Waals surface area contributed by atoms with Crippen molar-refractivity contribution in [1.82, 2.24) is 4.98 Å². The highest BCUT2D eigenvalue weighted by Gasteiger charge is 2.23. The Labute approximate surface area is 117 Å². The first-order chi connectivity index (χ1) is 9.99. The molecule has 0 amide bonds. The highest BCUT2D eigenvalue weighted by molar-refractivity contribution is 6.11. The summed E-state index contributed by atoms with van der Waals surface area (Å²) in [6, 6.07) is 5.75. The molecule has 0 saturated carbocycles. The second kappa shape index (κ2) is 6.04. The maximum atomic E-state index is 12.2. The number of nitrogens with zero attached hydrogens (tertiary/aromatic N) is 2. The molecule has 0 unspecified atom stereocenters. The lowest BCUT2D eigenvalue weighted by atomic mass is 10.0. The summed E-state index contributed by atoms with van der Waals surface area (Å²) in [5.74, 6) is -0.990. The van der Waals surface area contributed by atoms with E-state index >= 15 is 0 Å². The first kappa shape index (κ1) is 14.5. The number of carbonyl (C=O) groups excluding carboxylic acids is 1. The number of hydrogen-bond acceptors (Lipinski definition) is 5. The van der Waals surface area contributed by atoms with E-state index in [1.165, 1.54) is 24.5 Å². The molecule has 6 nitrogen and oxygen atoms in total. The molecule has 8 heteroatoms. The molecule has 0 saturated heterocycles. The number of rotatable bonds is 5. The molecule has 0 atom stereocenters. The van der Waals surface area contributed by atoms with Gasteiger partial charge in [0.05, 0.1) is 11.0 Å². The number of hydrogen-bond donors (Lipinski definition) is 0. The monoisotopic (exact) mass is 294 g/mol. The van der Waals surface area contributed by atoms with E-state index in [1.54, 1.807) is 0 Å². The van der Waals surface area contributed by atoms with Crippen LogP contribution < -0.4 is 4.74 Å². The predicted molar refractivity (Wildman–Crippen MR) is 67.4 cm³/mol. The number of ether oxygens (including phenoxy) is 1. The standard InChI is InChI=1S/C13H8F2N2O4/c14-13(15)21-9-1-2-10(11(7-9)17(19)20)12(18)8-3-5-16-6-4-8/h1-7,13H. The van der Waals surface area contributed by atoms with Gasteiger partial charge in [-0.05, 0) is 24.3 Å². The van der Waals surface area contributed by atoms with Gasteiger partial charge in [-0.1, -0.05) is 0 Å². The lowest BCUT2D eigenvalue weighted by Crippen LogP contribution is -2.07. The number of nitro groups is 1. The van der Waals surface area contributed by atoms with Crippen LogP contribution in [0.25, 0.3) is 0 Å². The molecule has 0 aliphatic rings. The summed E-state index contributed by atoms with van der Waals surface area (Å²) in [4.78, 5) is 26.1. The van der Waals surface area contributed by atoms with Crippen molar-refractivity contribution in [1.29, 1.82) is 0 Å². The first-order valence-electron chi connectivity index (χ1n) is 5.67. The second-order valence-electron chi connectivity index (χ2n) is 3.88. The number of benzene rings is 1. The van der Waals surface area contributed by atoms with E-state index in [0.717, 1.165) is 18.2 Å². The molecule has 0 radical (unpaired) electrons. The molecule has 21 heavy (non-hydrogen) atoms. The highest BCUT2D eigenvalue weighted by atomic mass is 19.3. The Bertz CT molecular complexity index is 677. The van der Waals surface area contributed by atoms with Crippen LogP contribution in [0.4, 0.5) is 14.5 Å². The van der Waals surface area contributed by atoms with Gasteiger partial charge in [0.2, 0.25) is 0 Å². The van der Waals surface area contributed by atoms with Crippen LogP contribution in [-0.2, 0) is 0 Å². The van der Waals surface area contributed by atoms with Gasteiger partial charge >= 0.3 is 6.61 Å². The fourth-order valence-corrected chi connectivity index (χ4v) is 1.69. The minimum Gasteiger partial charge on any atom is -0.435 e. The largest absolute Gasteiger partial charge is 0.435 e. The predicted octanol–water partition coefficient (Wildman–Crippen LogP) is 2.82.